The number of nitrogens with zero attached hydrogens (tertiary/aromatic N) is 2. The van der Waals surface area contributed by atoms with Crippen molar-refractivity contribution in [3.05, 3.63) is 51.4 Å². The number of benzene rings is 1. The zero-order chi connectivity index (χ0) is 20.1. The molecule has 1 aromatic carbocycles. The standard InChI is InChI=1S/C24H30N2O2S/c1-2-28-19-15-13-18(14-16-19)26-17-25-23-22(24(26)27)20-11-9-7-5-3-4-6-8-10-12-21(20)29-23/h13-17H,2-12H2,1H3. The summed E-state index contributed by atoms with van der Waals surface area (Å²) >= 11 is 1.73. The van der Waals surface area contributed by atoms with Gasteiger partial charge in [0.15, 0.2) is 0 Å². The van der Waals surface area contributed by atoms with Gasteiger partial charge in [-0.3, -0.25) is 9.36 Å². The molecule has 4 rings (SSSR count). The second-order valence-electron chi connectivity index (χ2n) is 7.86. The van der Waals surface area contributed by atoms with Crippen LogP contribution < -0.4 is 10.3 Å². The summed E-state index contributed by atoms with van der Waals surface area (Å²) in [5, 5.41) is 0.846. The Hall–Kier alpha value is -2.14. The van der Waals surface area contributed by atoms with Crippen molar-refractivity contribution >= 4 is 21.6 Å². The molecule has 0 amide bonds. The van der Waals surface area contributed by atoms with Crippen LogP contribution >= 0.6 is 11.3 Å². The highest BCUT2D eigenvalue weighted by Crippen LogP contribution is 2.31. The molecular formula is C24H30N2O2S. The van der Waals surface area contributed by atoms with Gasteiger partial charge in [-0.25, -0.2) is 4.98 Å². The molecule has 2 aromatic heterocycles. The van der Waals surface area contributed by atoms with Crippen LogP contribution in [0.1, 0.15) is 68.7 Å². The van der Waals surface area contributed by atoms with Crippen LogP contribution in [0.5, 0.6) is 5.75 Å². The fourth-order valence-corrected chi connectivity index (χ4v) is 5.48. The lowest BCUT2D eigenvalue weighted by Crippen LogP contribution is -2.19. The highest BCUT2D eigenvalue weighted by atomic mass is 32.1. The van der Waals surface area contributed by atoms with Gasteiger partial charge in [-0.15, -0.1) is 11.3 Å². The van der Waals surface area contributed by atoms with Crippen LogP contribution in [0.25, 0.3) is 15.9 Å². The van der Waals surface area contributed by atoms with E-state index in [-0.39, 0.29) is 5.56 Å². The summed E-state index contributed by atoms with van der Waals surface area (Å²) in [6.07, 6.45) is 14.0. The summed E-state index contributed by atoms with van der Waals surface area (Å²) in [6.45, 7) is 2.60. The van der Waals surface area contributed by atoms with Gasteiger partial charge in [0.05, 0.1) is 17.7 Å². The van der Waals surface area contributed by atoms with E-state index in [1.807, 2.05) is 31.2 Å². The molecule has 0 saturated heterocycles. The van der Waals surface area contributed by atoms with Gasteiger partial charge in [-0.1, -0.05) is 38.5 Å². The first kappa shape index (κ1) is 20.1. The summed E-state index contributed by atoms with van der Waals surface area (Å²) in [5.74, 6) is 0.818. The second kappa shape index (κ2) is 9.57. The lowest BCUT2D eigenvalue weighted by Gasteiger charge is -2.09. The smallest absolute Gasteiger partial charge is 0.266 e. The van der Waals surface area contributed by atoms with E-state index in [1.54, 1.807) is 22.2 Å². The maximum atomic E-state index is 13.4. The lowest BCUT2D eigenvalue weighted by atomic mass is 9.99. The molecule has 2 heterocycles. The van der Waals surface area contributed by atoms with Gasteiger partial charge in [0.25, 0.3) is 5.56 Å². The van der Waals surface area contributed by atoms with Crippen LogP contribution in [0.4, 0.5) is 0 Å². The molecule has 0 spiro atoms. The van der Waals surface area contributed by atoms with Gasteiger partial charge in [0, 0.05) is 4.88 Å². The average Bonchev–Trinajstić information content (AvgIpc) is 3.07. The molecule has 29 heavy (non-hydrogen) atoms. The first-order chi connectivity index (χ1) is 14.3. The first-order valence-corrected chi connectivity index (χ1v) is 11.8. The lowest BCUT2D eigenvalue weighted by molar-refractivity contribution is 0.340. The van der Waals surface area contributed by atoms with Crippen LogP contribution in [0, 0.1) is 0 Å². The SMILES string of the molecule is CCOc1ccc(-n2cnc3sc4c(c3c2=O)CCCCCCCCCC4)cc1. The highest BCUT2D eigenvalue weighted by Gasteiger charge is 2.18. The number of aryl methyl sites for hydroxylation is 2. The van der Waals surface area contributed by atoms with Crippen molar-refractivity contribution in [3.63, 3.8) is 0 Å². The molecule has 5 heteroatoms. The molecule has 1 aliphatic carbocycles. The van der Waals surface area contributed by atoms with E-state index in [0.717, 1.165) is 40.9 Å². The van der Waals surface area contributed by atoms with Gasteiger partial charge in [0.2, 0.25) is 0 Å². The third kappa shape index (κ3) is 4.55. The third-order valence-corrected chi connectivity index (χ3v) is 7.00. The minimum Gasteiger partial charge on any atom is -0.494 e. The molecule has 0 atom stereocenters. The maximum Gasteiger partial charge on any atom is 0.266 e. The Morgan fingerprint density at radius 3 is 2.31 bits per heavy atom. The van der Waals surface area contributed by atoms with E-state index in [0.29, 0.717) is 6.61 Å². The van der Waals surface area contributed by atoms with Crippen LogP contribution in [0.3, 0.4) is 0 Å². The molecule has 1 aliphatic rings. The molecule has 0 unspecified atom stereocenters. The summed E-state index contributed by atoms with van der Waals surface area (Å²) in [7, 11) is 0. The van der Waals surface area contributed by atoms with Gasteiger partial charge in [-0.2, -0.15) is 0 Å². The van der Waals surface area contributed by atoms with Crippen LogP contribution in [-0.2, 0) is 12.8 Å². The van der Waals surface area contributed by atoms with Gasteiger partial charge >= 0.3 is 0 Å². The van der Waals surface area contributed by atoms with Gasteiger partial charge in [0.1, 0.15) is 16.9 Å². The Morgan fingerprint density at radius 1 is 0.966 bits per heavy atom. The molecule has 0 radical (unpaired) electrons. The van der Waals surface area contributed by atoms with Crippen LogP contribution in [-0.4, -0.2) is 16.2 Å². The van der Waals surface area contributed by atoms with E-state index in [9.17, 15) is 4.79 Å². The molecule has 154 valence electrons. The molecule has 0 bridgehead atoms. The Bertz CT molecular complexity index is 1000. The molecule has 3 aromatic rings. The summed E-state index contributed by atoms with van der Waals surface area (Å²) in [6, 6.07) is 7.68. The van der Waals surface area contributed by atoms with Crippen LogP contribution in [0.15, 0.2) is 35.4 Å². The number of aromatic nitrogens is 2. The van der Waals surface area contributed by atoms with Gasteiger partial charge < -0.3 is 4.74 Å². The first-order valence-electron chi connectivity index (χ1n) is 11.0. The fourth-order valence-electron chi connectivity index (χ4n) is 4.26. The number of rotatable bonds is 3. The summed E-state index contributed by atoms with van der Waals surface area (Å²) in [5.41, 5.74) is 2.16. The molecular weight excluding hydrogens is 380 g/mol. The Balaban J connectivity index is 1.72. The summed E-state index contributed by atoms with van der Waals surface area (Å²) in [4.78, 5) is 20.4. The zero-order valence-electron chi connectivity index (χ0n) is 17.3. The topological polar surface area (TPSA) is 44.1 Å². The van der Waals surface area contributed by atoms with Crippen molar-refractivity contribution in [1.29, 1.82) is 0 Å². The van der Waals surface area contributed by atoms with E-state index in [1.165, 1.54) is 55.4 Å². The second-order valence-corrected chi connectivity index (χ2v) is 8.94. The van der Waals surface area contributed by atoms with Crippen molar-refractivity contribution < 1.29 is 4.74 Å². The Morgan fingerprint density at radius 2 is 1.62 bits per heavy atom. The summed E-state index contributed by atoms with van der Waals surface area (Å²) < 4.78 is 7.21. The third-order valence-electron chi connectivity index (χ3n) is 5.80. The van der Waals surface area contributed by atoms with Crippen molar-refractivity contribution in [3.8, 4) is 11.4 Å². The van der Waals surface area contributed by atoms with E-state index in [2.05, 4.69) is 4.98 Å². The normalized spacial score (nSPS) is 16.0. The number of hydrogen-bond donors (Lipinski definition) is 0. The number of hydrogen-bond acceptors (Lipinski definition) is 4. The zero-order valence-corrected chi connectivity index (χ0v) is 18.1. The van der Waals surface area contributed by atoms with Crippen molar-refractivity contribution in [2.24, 2.45) is 0 Å². The Kier molecular flexibility index (Phi) is 6.65. The maximum absolute atomic E-state index is 13.4. The number of fused-ring (bicyclic) bond motifs is 3. The van der Waals surface area contributed by atoms with E-state index in [4.69, 9.17) is 4.74 Å². The minimum atomic E-state index is 0.0590. The molecule has 0 aliphatic heterocycles. The van der Waals surface area contributed by atoms with Crippen molar-refractivity contribution in [1.82, 2.24) is 9.55 Å². The highest BCUT2D eigenvalue weighted by molar-refractivity contribution is 7.18. The molecule has 0 fully saturated rings. The average molecular weight is 411 g/mol. The fraction of sp³-hybridized carbons (Fsp3) is 0.500. The van der Waals surface area contributed by atoms with Gasteiger partial charge in [-0.05, 0) is 62.4 Å². The monoisotopic (exact) mass is 410 g/mol. The minimum absolute atomic E-state index is 0.0590. The molecule has 0 saturated carbocycles. The predicted octanol–water partition coefficient (Wildman–Crippen LogP) is 6.07. The Labute approximate surface area is 176 Å². The van der Waals surface area contributed by atoms with Crippen LogP contribution in [0.2, 0.25) is 0 Å². The van der Waals surface area contributed by atoms with E-state index >= 15 is 0 Å². The molecule has 0 N–H and O–H groups in total. The largest absolute Gasteiger partial charge is 0.494 e. The number of ether oxygens (including phenoxy) is 1. The van der Waals surface area contributed by atoms with Crippen molar-refractivity contribution in [2.75, 3.05) is 6.61 Å². The molecule has 4 nitrogen and oxygen atoms in total. The van der Waals surface area contributed by atoms with Crippen molar-refractivity contribution in [2.45, 2.75) is 71.1 Å². The van der Waals surface area contributed by atoms with E-state index < -0.39 is 0 Å². The number of thiophene rings is 1. The quantitative estimate of drug-likeness (QED) is 0.527. The predicted molar refractivity (Wildman–Crippen MR) is 121 cm³/mol.